The summed E-state index contributed by atoms with van der Waals surface area (Å²) in [6.07, 6.45) is 9.68. The van der Waals surface area contributed by atoms with Crippen molar-refractivity contribution in [2.45, 2.75) is 18.9 Å². The zero-order chi connectivity index (χ0) is 16.1. The lowest BCUT2D eigenvalue weighted by molar-refractivity contribution is 0.276. The van der Waals surface area contributed by atoms with Crippen molar-refractivity contribution in [1.29, 1.82) is 0 Å². The van der Waals surface area contributed by atoms with E-state index in [-0.39, 0.29) is 0 Å². The molecule has 1 aliphatic heterocycles. The molecular formula is C17H17BrClN3O. The molecule has 0 saturated carbocycles. The SMILES string of the molecule is Clc1ncc(OC[C@@H]2CCCN2)cc1/C=C/c1ccnc(Br)c1. The van der Waals surface area contributed by atoms with Crippen LogP contribution in [0.1, 0.15) is 24.0 Å². The molecule has 2 aromatic heterocycles. The van der Waals surface area contributed by atoms with Gasteiger partial charge >= 0.3 is 0 Å². The van der Waals surface area contributed by atoms with E-state index in [9.17, 15) is 0 Å². The van der Waals surface area contributed by atoms with E-state index in [0.29, 0.717) is 17.8 Å². The Labute approximate surface area is 149 Å². The number of nitrogens with zero attached hydrogens (tertiary/aromatic N) is 2. The van der Waals surface area contributed by atoms with Gasteiger partial charge in [-0.3, -0.25) is 0 Å². The predicted molar refractivity (Wildman–Crippen MR) is 96.6 cm³/mol. The molecule has 0 bridgehead atoms. The second-order valence-electron chi connectivity index (χ2n) is 5.40. The molecule has 3 rings (SSSR count). The number of hydrogen-bond donors (Lipinski definition) is 1. The Hall–Kier alpha value is -1.43. The maximum absolute atomic E-state index is 6.17. The molecule has 0 unspecified atom stereocenters. The van der Waals surface area contributed by atoms with Gasteiger partial charge in [-0.2, -0.15) is 0 Å². The van der Waals surface area contributed by atoms with E-state index in [1.165, 1.54) is 6.42 Å². The van der Waals surface area contributed by atoms with Crippen molar-refractivity contribution in [3.8, 4) is 5.75 Å². The number of rotatable bonds is 5. The van der Waals surface area contributed by atoms with Crippen LogP contribution in [-0.4, -0.2) is 29.2 Å². The van der Waals surface area contributed by atoms with Gasteiger partial charge < -0.3 is 10.1 Å². The highest BCUT2D eigenvalue weighted by molar-refractivity contribution is 9.10. The van der Waals surface area contributed by atoms with Crippen LogP contribution in [0.5, 0.6) is 5.75 Å². The minimum atomic E-state index is 0.429. The monoisotopic (exact) mass is 393 g/mol. The zero-order valence-corrected chi connectivity index (χ0v) is 14.8. The van der Waals surface area contributed by atoms with Gasteiger partial charge in [-0.1, -0.05) is 23.8 Å². The van der Waals surface area contributed by atoms with E-state index in [1.807, 2.05) is 30.4 Å². The highest BCUT2D eigenvalue weighted by Crippen LogP contribution is 2.22. The number of hydrogen-bond acceptors (Lipinski definition) is 4. The lowest BCUT2D eigenvalue weighted by Gasteiger charge is -2.12. The highest BCUT2D eigenvalue weighted by atomic mass is 79.9. The molecule has 0 amide bonds. The molecule has 4 nitrogen and oxygen atoms in total. The first-order valence-corrected chi connectivity index (χ1v) is 8.69. The summed E-state index contributed by atoms with van der Waals surface area (Å²) < 4.78 is 6.62. The lowest BCUT2D eigenvalue weighted by atomic mass is 10.2. The third-order valence-electron chi connectivity index (χ3n) is 3.66. The Balaban J connectivity index is 1.69. The van der Waals surface area contributed by atoms with Crippen molar-refractivity contribution in [2.24, 2.45) is 0 Å². The van der Waals surface area contributed by atoms with E-state index in [1.54, 1.807) is 12.4 Å². The van der Waals surface area contributed by atoms with Crippen molar-refractivity contribution >= 4 is 39.7 Å². The summed E-state index contributed by atoms with van der Waals surface area (Å²) >= 11 is 9.53. The summed E-state index contributed by atoms with van der Waals surface area (Å²) in [5.74, 6) is 0.735. The Kier molecular flexibility index (Phi) is 5.65. The summed E-state index contributed by atoms with van der Waals surface area (Å²) in [6, 6.07) is 6.20. The Bertz CT molecular complexity index is 702. The van der Waals surface area contributed by atoms with Gasteiger partial charge in [0.2, 0.25) is 0 Å². The number of pyridine rings is 2. The molecule has 0 aliphatic carbocycles. The van der Waals surface area contributed by atoms with Crippen molar-refractivity contribution in [3.63, 3.8) is 0 Å². The van der Waals surface area contributed by atoms with Crippen LogP contribution >= 0.6 is 27.5 Å². The van der Waals surface area contributed by atoms with E-state index in [0.717, 1.165) is 34.4 Å². The molecule has 1 saturated heterocycles. The molecule has 120 valence electrons. The number of nitrogens with one attached hydrogen (secondary N) is 1. The number of ether oxygens (including phenoxy) is 1. The van der Waals surface area contributed by atoms with Crippen LogP contribution in [0.15, 0.2) is 35.2 Å². The number of halogens is 2. The standard InChI is InChI=1S/C17H17BrClN3O/c18-16-8-12(5-7-21-16)3-4-13-9-15(10-22-17(13)19)23-11-14-2-1-6-20-14/h3-5,7-10,14,20H,1-2,6,11H2/b4-3+/t14-/m0/s1. The van der Waals surface area contributed by atoms with E-state index in [2.05, 4.69) is 31.2 Å². The van der Waals surface area contributed by atoms with Crippen LogP contribution in [-0.2, 0) is 0 Å². The van der Waals surface area contributed by atoms with E-state index >= 15 is 0 Å². The molecular weight excluding hydrogens is 378 g/mol. The second-order valence-corrected chi connectivity index (χ2v) is 6.57. The minimum absolute atomic E-state index is 0.429. The fourth-order valence-electron chi connectivity index (χ4n) is 2.44. The van der Waals surface area contributed by atoms with Gasteiger partial charge in [0.15, 0.2) is 0 Å². The number of aromatic nitrogens is 2. The minimum Gasteiger partial charge on any atom is -0.490 e. The van der Waals surface area contributed by atoms with E-state index < -0.39 is 0 Å². The van der Waals surface area contributed by atoms with Crippen molar-refractivity contribution in [3.05, 3.63) is 51.5 Å². The molecule has 1 atom stereocenters. The maximum atomic E-state index is 6.17. The zero-order valence-electron chi connectivity index (χ0n) is 12.5. The van der Waals surface area contributed by atoms with Crippen LogP contribution in [0.3, 0.4) is 0 Å². The molecule has 0 spiro atoms. The third kappa shape index (κ3) is 4.77. The average molecular weight is 395 g/mol. The molecule has 2 aromatic rings. The lowest BCUT2D eigenvalue weighted by Crippen LogP contribution is -2.28. The molecule has 6 heteroatoms. The van der Waals surface area contributed by atoms with Crippen LogP contribution in [0.25, 0.3) is 12.2 Å². The predicted octanol–water partition coefficient (Wildman–Crippen LogP) is 4.19. The Morgan fingerprint density at radius 2 is 2.26 bits per heavy atom. The van der Waals surface area contributed by atoms with Crippen molar-refractivity contribution < 1.29 is 4.74 Å². The Morgan fingerprint density at radius 3 is 3.04 bits per heavy atom. The summed E-state index contributed by atoms with van der Waals surface area (Å²) in [4.78, 5) is 8.31. The third-order valence-corrected chi connectivity index (χ3v) is 4.41. The molecule has 23 heavy (non-hydrogen) atoms. The highest BCUT2D eigenvalue weighted by Gasteiger charge is 2.14. The van der Waals surface area contributed by atoms with Gasteiger partial charge in [-0.25, -0.2) is 9.97 Å². The molecule has 3 heterocycles. The van der Waals surface area contributed by atoms with Gasteiger partial charge in [0.05, 0.1) is 6.20 Å². The first kappa shape index (κ1) is 16.4. The van der Waals surface area contributed by atoms with Gasteiger partial charge in [-0.15, -0.1) is 0 Å². The fraction of sp³-hybridized carbons (Fsp3) is 0.294. The molecule has 0 aromatic carbocycles. The first-order valence-electron chi connectivity index (χ1n) is 7.52. The molecule has 0 radical (unpaired) electrons. The van der Waals surface area contributed by atoms with Crippen LogP contribution in [0.4, 0.5) is 0 Å². The smallest absolute Gasteiger partial charge is 0.138 e. The van der Waals surface area contributed by atoms with Gasteiger partial charge in [0.1, 0.15) is 22.1 Å². The van der Waals surface area contributed by atoms with Crippen molar-refractivity contribution in [1.82, 2.24) is 15.3 Å². The first-order chi connectivity index (χ1) is 11.2. The van der Waals surface area contributed by atoms with E-state index in [4.69, 9.17) is 16.3 Å². The van der Waals surface area contributed by atoms with Gasteiger partial charge in [0.25, 0.3) is 0 Å². The summed E-state index contributed by atoms with van der Waals surface area (Å²) in [5, 5.41) is 3.87. The van der Waals surface area contributed by atoms with Gasteiger partial charge in [0, 0.05) is 17.8 Å². The average Bonchev–Trinajstić information content (AvgIpc) is 3.06. The summed E-state index contributed by atoms with van der Waals surface area (Å²) in [5.41, 5.74) is 1.86. The maximum Gasteiger partial charge on any atom is 0.138 e. The van der Waals surface area contributed by atoms with Crippen LogP contribution < -0.4 is 10.1 Å². The molecule has 1 fully saturated rings. The molecule has 1 N–H and O–H groups in total. The van der Waals surface area contributed by atoms with Gasteiger partial charge in [-0.05, 0) is 59.1 Å². The summed E-state index contributed by atoms with van der Waals surface area (Å²) in [7, 11) is 0. The largest absolute Gasteiger partial charge is 0.490 e. The summed E-state index contributed by atoms with van der Waals surface area (Å²) in [6.45, 7) is 1.73. The Morgan fingerprint density at radius 1 is 1.35 bits per heavy atom. The quantitative estimate of drug-likeness (QED) is 0.772. The van der Waals surface area contributed by atoms with Crippen molar-refractivity contribution in [2.75, 3.05) is 13.2 Å². The van der Waals surface area contributed by atoms with Crippen LogP contribution in [0.2, 0.25) is 5.15 Å². The molecule has 1 aliphatic rings. The normalized spacial score (nSPS) is 17.7. The second kappa shape index (κ2) is 7.90. The topological polar surface area (TPSA) is 47.0 Å². The van der Waals surface area contributed by atoms with Crippen LogP contribution in [0, 0.1) is 0 Å². The fourth-order valence-corrected chi connectivity index (χ4v) is 2.99.